The second kappa shape index (κ2) is 11.3. The van der Waals surface area contributed by atoms with Crippen LogP contribution in [0.2, 0.25) is 5.02 Å². The van der Waals surface area contributed by atoms with Gasteiger partial charge in [0.05, 0.1) is 0 Å². The predicted molar refractivity (Wildman–Crippen MR) is 134 cm³/mol. The first-order valence-electron chi connectivity index (χ1n) is 11.4. The number of rotatable bonds is 6. The summed E-state index contributed by atoms with van der Waals surface area (Å²) in [7, 11) is 2.20. The lowest BCUT2D eigenvalue weighted by molar-refractivity contribution is 0.234. The average Bonchev–Trinajstić information content (AvgIpc) is 2.83. The fraction of sp³-hybridized carbons (Fsp3) is 0.321. The van der Waals surface area contributed by atoms with E-state index in [2.05, 4.69) is 64.4 Å². The molecular formula is C28H30ClN3. The van der Waals surface area contributed by atoms with E-state index in [1.807, 2.05) is 36.5 Å². The summed E-state index contributed by atoms with van der Waals surface area (Å²) in [6, 6.07) is 21.4. The topological polar surface area (TPSA) is 28.2 Å². The normalized spacial score (nSPS) is 14.7. The number of hydrogen-bond donors (Lipinski definition) is 1. The molecule has 32 heavy (non-hydrogen) atoms. The number of hydrogen-bond acceptors (Lipinski definition) is 3. The molecule has 0 spiro atoms. The number of nitrogens with zero attached hydrogens (tertiary/aromatic N) is 2. The Bertz CT molecular complexity index is 1040. The Hall–Kier alpha value is -2.64. The maximum atomic E-state index is 5.96. The van der Waals surface area contributed by atoms with Crippen molar-refractivity contribution in [3.8, 4) is 23.0 Å². The minimum absolute atomic E-state index is 0.648. The summed E-state index contributed by atoms with van der Waals surface area (Å²) in [5.74, 6) is 6.44. The van der Waals surface area contributed by atoms with Gasteiger partial charge in [0, 0.05) is 35.8 Å². The third kappa shape index (κ3) is 6.68. The molecule has 4 heteroatoms. The zero-order valence-corrected chi connectivity index (χ0v) is 19.4. The van der Waals surface area contributed by atoms with E-state index in [1.165, 1.54) is 37.1 Å². The number of halogens is 1. The fourth-order valence-corrected chi connectivity index (χ4v) is 4.07. The maximum absolute atomic E-state index is 5.96. The van der Waals surface area contributed by atoms with E-state index in [0.717, 1.165) is 41.2 Å². The standard InChI is InChI=1S/C28H30ClN3/c1-32-18-16-28(17-19-32)30-20-23-8-6-22(7-9-23)4-2-3-5-27-15-12-25(21-31-27)24-10-13-26(29)14-11-24/h6-15,21,28,30H,2,4,16-20H2,1H3. The van der Waals surface area contributed by atoms with Crippen LogP contribution in [-0.2, 0) is 13.0 Å². The fourth-order valence-electron chi connectivity index (χ4n) is 3.94. The Kier molecular flexibility index (Phi) is 7.96. The third-order valence-electron chi connectivity index (χ3n) is 6.03. The monoisotopic (exact) mass is 443 g/mol. The summed E-state index contributed by atoms with van der Waals surface area (Å²) in [6.45, 7) is 3.34. The highest BCUT2D eigenvalue weighted by Gasteiger charge is 2.15. The maximum Gasteiger partial charge on any atom is 0.113 e. The number of benzene rings is 2. The van der Waals surface area contributed by atoms with Gasteiger partial charge in [-0.05, 0) is 80.2 Å². The van der Waals surface area contributed by atoms with Crippen LogP contribution in [0.1, 0.15) is 36.1 Å². The van der Waals surface area contributed by atoms with Crippen LogP contribution in [-0.4, -0.2) is 36.1 Å². The molecule has 0 aliphatic carbocycles. The smallest absolute Gasteiger partial charge is 0.113 e. The highest BCUT2D eigenvalue weighted by molar-refractivity contribution is 6.30. The number of nitrogens with one attached hydrogen (secondary N) is 1. The molecule has 0 bridgehead atoms. The summed E-state index contributed by atoms with van der Waals surface area (Å²) < 4.78 is 0. The van der Waals surface area contributed by atoms with Gasteiger partial charge in [0.25, 0.3) is 0 Å². The van der Waals surface area contributed by atoms with Crippen molar-refractivity contribution in [2.75, 3.05) is 20.1 Å². The van der Waals surface area contributed by atoms with E-state index in [0.29, 0.717) is 6.04 Å². The zero-order chi connectivity index (χ0) is 22.2. The Morgan fingerprint density at radius 3 is 2.31 bits per heavy atom. The lowest BCUT2D eigenvalue weighted by Crippen LogP contribution is -2.40. The molecule has 0 amide bonds. The summed E-state index contributed by atoms with van der Waals surface area (Å²) in [6.07, 6.45) is 6.13. The summed E-state index contributed by atoms with van der Waals surface area (Å²) >= 11 is 5.96. The largest absolute Gasteiger partial charge is 0.310 e. The molecule has 2 heterocycles. The quantitative estimate of drug-likeness (QED) is 0.505. The van der Waals surface area contributed by atoms with Crippen LogP contribution in [0.5, 0.6) is 0 Å². The van der Waals surface area contributed by atoms with Gasteiger partial charge in [-0.2, -0.15) is 0 Å². The van der Waals surface area contributed by atoms with Crippen LogP contribution >= 0.6 is 11.6 Å². The number of aryl methyl sites for hydroxylation is 1. The van der Waals surface area contributed by atoms with Crippen molar-refractivity contribution >= 4 is 11.6 Å². The Morgan fingerprint density at radius 1 is 0.938 bits per heavy atom. The van der Waals surface area contributed by atoms with Crippen molar-refractivity contribution in [1.82, 2.24) is 15.2 Å². The predicted octanol–water partition coefficient (Wildman–Crippen LogP) is 5.57. The van der Waals surface area contributed by atoms with E-state index >= 15 is 0 Å². The molecule has 0 radical (unpaired) electrons. The molecule has 1 N–H and O–H groups in total. The van der Waals surface area contributed by atoms with Gasteiger partial charge in [-0.15, -0.1) is 0 Å². The van der Waals surface area contributed by atoms with E-state index in [4.69, 9.17) is 11.6 Å². The van der Waals surface area contributed by atoms with Crippen LogP contribution in [0.15, 0.2) is 66.9 Å². The van der Waals surface area contributed by atoms with Gasteiger partial charge in [0.15, 0.2) is 0 Å². The number of piperidine rings is 1. The average molecular weight is 444 g/mol. The Balaban J connectivity index is 1.22. The summed E-state index contributed by atoms with van der Waals surface area (Å²) in [5, 5.41) is 4.44. The van der Waals surface area contributed by atoms with Gasteiger partial charge in [-0.25, -0.2) is 4.98 Å². The van der Waals surface area contributed by atoms with Crippen molar-refractivity contribution in [2.45, 2.75) is 38.3 Å². The molecule has 0 atom stereocenters. The lowest BCUT2D eigenvalue weighted by Gasteiger charge is -2.29. The second-order valence-corrected chi connectivity index (χ2v) is 8.95. The molecule has 1 saturated heterocycles. The molecule has 3 nitrogen and oxygen atoms in total. The van der Waals surface area contributed by atoms with Gasteiger partial charge in [0.2, 0.25) is 0 Å². The molecule has 1 aliphatic heterocycles. The third-order valence-corrected chi connectivity index (χ3v) is 6.28. The molecular weight excluding hydrogens is 414 g/mol. The molecule has 2 aromatic carbocycles. The minimum Gasteiger partial charge on any atom is -0.310 e. The van der Waals surface area contributed by atoms with E-state index in [9.17, 15) is 0 Å². The Morgan fingerprint density at radius 2 is 1.62 bits per heavy atom. The first-order chi connectivity index (χ1) is 15.7. The van der Waals surface area contributed by atoms with Gasteiger partial charge in [0.1, 0.15) is 5.69 Å². The molecule has 164 valence electrons. The van der Waals surface area contributed by atoms with Gasteiger partial charge in [-0.1, -0.05) is 60.0 Å². The van der Waals surface area contributed by atoms with E-state index in [1.54, 1.807) is 0 Å². The first kappa shape index (κ1) is 22.6. The SMILES string of the molecule is CN1CCC(NCc2ccc(CCC#Cc3ccc(-c4ccc(Cl)cc4)cn3)cc2)CC1. The second-order valence-electron chi connectivity index (χ2n) is 8.52. The van der Waals surface area contributed by atoms with E-state index < -0.39 is 0 Å². The lowest BCUT2D eigenvalue weighted by atomic mass is 10.0. The molecule has 1 aliphatic rings. The molecule has 4 rings (SSSR count). The van der Waals surface area contributed by atoms with Crippen LogP contribution in [0.4, 0.5) is 0 Å². The van der Waals surface area contributed by atoms with Gasteiger partial charge < -0.3 is 10.2 Å². The number of pyridine rings is 1. The molecule has 1 fully saturated rings. The highest BCUT2D eigenvalue weighted by atomic mass is 35.5. The van der Waals surface area contributed by atoms with Crippen molar-refractivity contribution in [2.24, 2.45) is 0 Å². The number of likely N-dealkylation sites (tertiary alicyclic amines) is 1. The van der Waals surface area contributed by atoms with Crippen LogP contribution < -0.4 is 5.32 Å². The summed E-state index contributed by atoms with van der Waals surface area (Å²) in [5.41, 5.74) is 5.65. The summed E-state index contributed by atoms with van der Waals surface area (Å²) in [4.78, 5) is 6.89. The van der Waals surface area contributed by atoms with Crippen molar-refractivity contribution in [3.63, 3.8) is 0 Å². The first-order valence-corrected chi connectivity index (χ1v) is 11.7. The van der Waals surface area contributed by atoms with Gasteiger partial charge in [-0.3, -0.25) is 0 Å². The molecule has 0 unspecified atom stereocenters. The molecule has 3 aromatic rings. The van der Waals surface area contributed by atoms with Gasteiger partial charge >= 0.3 is 0 Å². The minimum atomic E-state index is 0.648. The van der Waals surface area contributed by atoms with Crippen LogP contribution in [0, 0.1) is 11.8 Å². The van der Waals surface area contributed by atoms with Crippen molar-refractivity contribution in [1.29, 1.82) is 0 Å². The van der Waals surface area contributed by atoms with E-state index in [-0.39, 0.29) is 0 Å². The van der Waals surface area contributed by atoms with Crippen LogP contribution in [0.3, 0.4) is 0 Å². The van der Waals surface area contributed by atoms with Crippen molar-refractivity contribution < 1.29 is 0 Å². The van der Waals surface area contributed by atoms with Crippen molar-refractivity contribution in [3.05, 3.63) is 88.7 Å². The number of aromatic nitrogens is 1. The highest BCUT2D eigenvalue weighted by Crippen LogP contribution is 2.20. The molecule has 0 saturated carbocycles. The Labute approximate surface area is 196 Å². The van der Waals surface area contributed by atoms with Crippen LogP contribution in [0.25, 0.3) is 11.1 Å². The zero-order valence-electron chi connectivity index (χ0n) is 18.7. The molecule has 1 aromatic heterocycles.